The minimum absolute atomic E-state index is 0.303. The Kier molecular flexibility index (Phi) is 2.80. The Morgan fingerprint density at radius 2 is 2.26 bits per heavy atom. The van der Waals surface area contributed by atoms with Crippen LogP contribution in [0.5, 0.6) is 0 Å². The summed E-state index contributed by atoms with van der Waals surface area (Å²) in [5.74, 6) is 1.30. The summed E-state index contributed by atoms with van der Waals surface area (Å²) in [6.45, 7) is 6.95. The van der Waals surface area contributed by atoms with Crippen LogP contribution in [0.3, 0.4) is 0 Å². The fourth-order valence-electron chi connectivity index (χ4n) is 5.73. The molecule has 1 unspecified atom stereocenters. The zero-order valence-electron chi connectivity index (χ0n) is 13.4. The summed E-state index contributed by atoms with van der Waals surface area (Å²) in [5, 5.41) is 15.2. The molecule has 4 heteroatoms. The van der Waals surface area contributed by atoms with Crippen molar-refractivity contribution in [3.63, 3.8) is 0 Å². The van der Waals surface area contributed by atoms with Gasteiger partial charge in [0.25, 0.3) is 0 Å². The highest BCUT2D eigenvalue weighted by Crippen LogP contribution is 2.54. The van der Waals surface area contributed by atoms with Gasteiger partial charge in [-0.3, -0.25) is 0 Å². The largest absolute Gasteiger partial charge is 0.380 e. The molecule has 122 valence electrons. The molecular formula is C19H25N2O2+. The molecule has 5 aliphatic rings. The lowest BCUT2D eigenvalue weighted by Crippen LogP contribution is -3.22. The van der Waals surface area contributed by atoms with Crippen LogP contribution in [0.4, 0.5) is 5.69 Å². The van der Waals surface area contributed by atoms with Crippen LogP contribution in [0, 0.1) is 11.8 Å². The number of ether oxygens (including phenoxy) is 1. The summed E-state index contributed by atoms with van der Waals surface area (Å²) in [7, 11) is 0. The molecule has 6 rings (SSSR count). The van der Waals surface area contributed by atoms with Crippen LogP contribution in [-0.4, -0.2) is 36.6 Å². The lowest BCUT2D eigenvalue weighted by atomic mass is 9.70. The first kappa shape index (κ1) is 14.0. The zero-order chi connectivity index (χ0) is 15.7. The van der Waals surface area contributed by atoms with Crippen molar-refractivity contribution in [1.82, 2.24) is 0 Å². The summed E-state index contributed by atoms with van der Waals surface area (Å²) in [5.41, 5.74) is 0.496. The molecule has 1 aromatic rings. The molecule has 6 atom stereocenters. The van der Waals surface area contributed by atoms with E-state index in [4.69, 9.17) is 4.74 Å². The first-order chi connectivity index (χ1) is 11.2. The summed E-state index contributed by atoms with van der Waals surface area (Å²) in [6.07, 6.45) is 5.19. The topological polar surface area (TPSA) is 45.9 Å². The number of aliphatic hydroxyl groups is 1. The third-order valence-corrected chi connectivity index (χ3v) is 6.87. The standard InChI is InChI=1S/C19H24N2O2/c1-2-13-12-21-9-7-14(13)11-17(21)19-18(22,8-10-23-19)15-5-3-4-6-16(15)20-19/h2-6,13-14,17,20,22H,1,7-12H2/p+1/t13-,14-,17-,18+,19-/m0/s1. The maximum Gasteiger partial charge on any atom is 0.225 e. The van der Waals surface area contributed by atoms with E-state index in [1.807, 2.05) is 12.1 Å². The van der Waals surface area contributed by atoms with Gasteiger partial charge in [0.2, 0.25) is 5.72 Å². The van der Waals surface area contributed by atoms with Gasteiger partial charge >= 0.3 is 0 Å². The number of benzene rings is 1. The Morgan fingerprint density at radius 1 is 1.39 bits per heavy atom. The van der Waals surface area contributed by atoms with E-state index in [0.717, 1.165) is 24.2 Å². The molecule has 4 saturated heterocycles. The van der Waals surface area contributed by atoms with Gasteiger partial charge in [-0.2, -0.15) is 0 Å². The number of rotatable bonds is 2. The van der Waals surface area contributed by atoms with Gasteiger partial charge < -0.3 is 20.1 Å². The molecule has 4 fully saturated rings. The van der Waals surface area contributed by atoms with Crippen molar-refractivity contribution in [2.24, 2.45) is 11.8 Å². The number of fused-ring (bicyclic) bond motifs is 7. The highest BCUT2D eigenvalue weighted by molar-refractivity contribution is 5.63. The fraction of sp³-hybridized carbons (Fsp3) is 0.579. The molecule has 5 heterocycles. The number of quaternary nitrogens is 1. The lowest BCUT2D eigenvalue weighted by molar-refractivity contribution is -0.953. The highest BCUT2D eigenvalue weighted by Gasteiger charge is 2.70. The molecule has 0 aromatic heterocycles. The van der Waals surface area contributed by atoms with E-state index in [2.05, 4.69) is 30.1 Å². The quantitative estimate of drug-likeness (QED) is 0.711. The van der Waals surface area contributed by atoms with Crippen molar-refractivity contribution in [3.8, 4) is 0 Å². The Hall–Kier alpha value is -1.36. The predicted molar refractivity (Wildman–Crippen MR) is 88.2 cm³/mol. The van der Waals surface area contributed by atoms with E-state index in [0.29, 0.717) is 30.9 Å². The number of hydrogen-bond donors (Lipinski definition) is 3. The van der Waals surface area contributed by atoms with Crippen LogP contribution in [0.25, 0.3) is 0 Å². The van der Waals surface area contributed by atoms with E-state index >= 15 is 0 Å². The second-order valence-electron chi connectivity index (χ2n) is 7.71. The summed E-state index contributed by atoms with van der Waals surface area (Å²) < 4.78 is 6.30. The van der Waals surface area contributed by atoms with Crippen LogP contribution in [0.2, 0.25) is 0 Å². The van der Waals surface area contributed by atoms with E-state index < -0.39 is 11.3 Å². The summed E-state index contributed by atoms with van der Waals surface area (Å²) in [6, 6.07) is 8.46. The zero-order valence-corrected chi connectivity index (χ0v) is 13.4. The number of piperidine rings is 3. The molecule has 4 nitrogen and oxygen atoms in total. The molecule has 2 bridgehead atoms. The molecule has 0 aliphatic carbocycles. The second kappa shape index (κ2) is 4.59. The third-order valence-electron chi connectivity index (χ3n) is 6.87. The molecule has 3 N–H and O–H groups in total. The maximum absolute atomic E-state index is 11.6. The minimum atomic E-state index is -0.900. The van der Waals surface area contributed by atoms with Crippen molar-refractivity contribution < 1.29 is 14.7 Å². The highest BCUT2D eigenvalue weighted by atomic mass is 16.5. The average Bonchev–Trinajstić information content (AvgIpc) is 3.05. The number of hydrogen-bond acceptors (Lipinski definition) is 3. The molecule has 1 aromatic carbocycles. The summed E-state index contributed by atoms with van der Waals surface area (Å²) in [4.78, 5) is 1.57. The van der Waals surface area contributed by atoms with Crippen LogP contribution >= 0.6 is 0 Å². The van der Waals surface area contributed by atoms with Crippen molar-refractivity contribution in [2.75, 3.05) is 25.0 Å². The van der Waals surface area contributed by atoms with Gasteiger partial charge in [0, 0.05) is 36.4 Å². The molecule has 23 heavy (non-hydrogen) atoms. The monoisotopic (exact) mass is 313 g/mol. The van der Waals surface area contributed by atoms with Gasteiger partial charge in [-0.25, -0.2) is 0 Å². The second-order valence-corrected chi connectivity index (χ2v) is 7.71. The van der Waals surface area contributed by atoms with Gasteiger partial charge in [0.15, 0.2) is 0 Å². The lowest BCUT2D eigenvalue weighted by Gasteiger charge is -2.52. The molecule has 0 saturated carbocycles. The first-order valence-corrected chi connectivity index (χ1v) is 8.89. The van der Waals surface area contributed by atoms with E-state index in [-0.39, 0.29) is 0 Å². The van der Waals surface area contributed by atoms with Crippen LogP contribution < -0.4 is 10.2 Å². The fourth-order valence-corrected chi connectivity index (χ4v) is 5.73. The van der Waals surface area contributed by atoms with Gasteiger partial charge in [-0.1, -0.05) is 24.3 Å². The van der Waals surface area contributed by atoms with Crippen molar-refractivity contribution in [1.29, 1.82) is 0 Å². The first-order valence-electron chi connectivity index (χ1n) is 8.89. The molecule has 0 radical (unpaired) electrons. The van der Waals surface area contributed by atoms with Crippen molar-refractivity contribution >= 4 is 5.69 Å². The Morgan fingerprint density at radius 3 is 3.04 bits per heavy atom. The van der Waals surface area contributed by atoms with E-state index in [1.54, 1.807) is 4.90 Å². The minimum Gasteiger partial charge on any atom is -0.380 e. The van der Waals surface area contributed by atoms with Crippen LogP contribution in [-0.2, 0) is 10.3 Å². The normalized spacial score (nSPS) is 47.0. The predicted octanol–water partition coefficient (Wildman–Crippen LogP) is 0.896. The van der Waals surface area contributed by atoms with Gasteiger partial charge in [-0.15, -0.1) is 6.58 Å². The maximum atomic E-state index is 11.6. The molecule has 0 spiro atoms. The Bertz CT molecular complexity index is 663. The Balaban J connectivity index is 1.57. The van der Waals surface area contributed by atoms with Crippen molar-refractivity contribution in [3.05, 3.63) is 42.5 Å². The molecule has 0 amide bonds. The van der Waals surface area contributed by atoms with Crippen LogP contribution in [0.15, 0.2) is 36.9 Å². The average molecular weight is 313 g/mol. The number of anilines is 1. The number of nitrogens with one attached hydrogen (secondary N) is 2. The van der Waals surface area contributed by atoms with Gasteiger partial charge in [0.05, 0.1) is 19.7 Å². The van der Waals surface area contributed by atoms with E-state index in [9.17, 15) is 5.11 Å². The molecule has 5 aliphatic heterocycles. The molecular weight excluding hydrogens is 288 g/mol. The smallest absolute Gasteiger partial charge is 0.225 e. The van der Waals surface area contributed by atoms with Gasteiger partial charge in [0.1, 0.15) is 11.6 Å². The Labute approximate surface area is 137 Å². The number of para-hydroxylation sites is 1. The van der Waals surface area contributed by atoms with E-state index in [1.165, 1.54) is 13.0 Å². The SMILES string of the molecule is C=C[C@H]1C[NH+]2CC[C@H]1C[C@H]2[C@@]12Nc3ccccc3[C@]1(O)CCO2. The third kappa shape index (κ3) is 1.61. The van der Waals surface area contributed by atoms with Crippen molar-refractivity contribution in [2.45, 2.75) is 36.6 Å². The summed E-state index contributed by atoms with van der Waals surface area (Å²) >= 11 is 0. The van der Waals surface area contributed by atoms with Crippen LogP contribution in [0.1, 0.15) is 24.8 Å². The van der Waals surface area contributed by atoms with Gasteiger partial charge in [-0.05, 0) is 12.0 Å².